The van der Waals surface area contributed by atoms with Crippen LogP contribution < -0.4 is 0 Å². The molecule has 0 amide bonds. The second-order valence-electron chi connectivity index (χ2n) is 3.49. The van der Waals surface area contributed by atoms with Crippen molar-refractivity contribution in [2.45, 2.75) is 0 Å². The molecule has 16 heavy (non-hydrogen) atoms. The van der Waals surface area contributed by atoms with Gasteiger partial charge >= 0.3 is 0 Å². The van der Waals surface area contributed by atoms with Crippen molar-refractivity contribution < 1.29 is 0 Å². The Kier molecular flexibility index (Phi) is 1.55. The highest BCUT2D eigenvalue weighted by Gasteiger charge is 2.09. The third kappa shape index (κ3) is 0.975. The standard InChI is InChI=1S/C10H4N4S2/c1-3-7-10(14-15-11-7)6-2-4-8-9(5(1)6)13-16-12-8/h1-4H. The van der Waals surface area contributed by atoms with Crippen LogP contribution in [0.25, 0.3) is 32.8 Å². The molecule has 0 fully saturated rings. The van der Waals surface area contributed by atoms with Gasteiger partial charge in [-0.1, -0.05) is 0 Å². The molecule has 0 aliphatic carbocycles. The van der Waals surface area contributed by atoms with E-state index in [4.69, 9.17) is 0 Å². The summed E-state index contributed by atoms with van der Waals surface area (Å²) < 4.78 is 17.1. The van der Waals surface area contributed by atoms with E-state index in [0.717, 1.165) is 32.8 Å². The number of fused-ring (bicyclic) bond motifs is 5. The Balaban J connectivity index is 2.38. The van der Waals surface area contributed by atoms with E-state index >= 15 is 0 Å². The molecule has 4 aromatic rings. The third-order valence-corrected chi connectivity index (χ3v) is 3.73. The van der Waals surface area contributed by atoms with Crippen LogP contribution in [0.3, 0.4) is 0 Å². The predicted octanol–water partition coefficient (Wildman–Crippen LogP) is 2.85. The van der Waals surface area contributed by atoms with Gasteiger partial charge in [0.2, 0.25) is 0 Å². The van der Waals surface area contributed by atoms with Gasteiger partial charge < -0.3 is 0 Å². The van der Waals surface area contributed by atoms with Crippen LogP contribution in [0.4, 0.5) is 0 Å². The van der Waals surface area contributed by atoms with E-state index in [1.165, 1.54) is 23.5 Å². The molecular formula is C10H4N4S2. The minimum Gasteiger partial charge on any atom is -0.173 e. The Morgan fingerprint density at radius 3 is 1.62 bits per heavy atom. The van der Waals surface area contributed by atoms with E-state index in [0.29, 0.717) is 0 Å². The maximum absolute atomic E-state index is 4.32. The number of hydrogen-bond donors (Lipinski definition) is 0. The van der Waals surface area contributed by atoms with E-state index in [9.17, 15) is 0 Å². The van der Waals surface area contributed by atoms with E-state index in [-0.39, 0.29) is 0 Å². The van der Waals surface area contributed by atoms with Gasteiger partial charge in [-0.3, -0.25) is 0 Å². The maximum Gasteiger partial charge on any atom is 0.112 e. The molecule has 0 spiro atoms. The minimum atomic E-state index is 0.944. The van der Waals surface area contributed by atoms with Crippen molar-refractivity contribution in [3.05, 3.63) is 24.3 Å². The SMILES string of the molecule is c1cc2c(ccc3nsnc32)c2nsnc12. The first-order valence-corrected chi connectivity index (χ1v) is 6.16. The van der Waals surface area contributed by atoms with E-state index in [2.05, 4.69) is 17.5 Å². The van der Waals surface area contributed by atoms with Crippen molar-refractivity contribution in [1.29, 1.82) is 0 Å². The Labute approximate surface area is 98.2 Å². The Hall–Kier alpha value is -1.66. The molecule has 76 valence electrons. The summed E-state index contributed by atoms with van der Waals surface area (Å²) >= 11 is 2.48. The highest BCUT2D eigenvalue weighted by Crippen LogP contribution is 2.28. The van der Waals surface area contributed by atoms with Crippen molar-refractivity contribution in [3.63, 3.8) is 0 Å². The fraction of sp³-hybridized carbons (Fsp3) is 0. The lowest BCUT2D eigenvalue weighted by Gasteiger charge is -1.97. The van der Waals surface area contributed by atoms with Crippen molar-refractivity contribution in [3.8, 4) is 0 Å². The van der Waals surface area contributed by atoms with Crippen molar-refractivity contribution in [1.82, 2.24) is 17.5 Å². The molecule has 0 radical (unpaired) electrons. The lowest BCUT2D eigenvalue weighted by atomic mass is 10.1. The van der Waals surface area contributed by atoms with Crippen LogP contribution in [-0.2, 0) is 0 Å². The summed E-state index contributed by atoms with van der Waals surface area (Å²) in [5, 5.41) is 2.21. The fourth-order valence-corrected chi connectivity index (χ4v) is 3.00. The van der Waals surface area contributed by atoms with Gasteiger partial charge in [-0.2, -0.15) is 17.5 Å². The van der Waals surface area contributed by atoms with E-state index in [1.807, 2.05) is 24.3 Å². The summed E-state index contributed by atoms with van der Waals surface area (Å²) in [5.74, 6) is 0. The zero-order valence-corrected chi connectivity index (χ0v) is 9.55. The zero-order chi connectivity index (χ0) is 10.5. The molecular weight excluding hydrogens is 240 g/mol. The van der Waals surface area contributed by atoms with Gasteiger partial charge in [0.25, 0.3) is 0 Å². The molecule has 0 aliphatic rings. The number of rotatable bonds is 0. The first kappa shape index (κ1) is 8.49. The van der Waals surface area contributed by atoms with Gasteiger partial charge in [0.05, 0.1) is 23.5 Å². The Morgan fingerprint density at radius 1 is 0.625 bits per heavy atom. The molecule has 6 heteroatoms. The molecule has 0 atom stereocenters. The van der Waals surface area contributed by atoms with Crippen LogP contribution in [0.1, 0.15) is 0 Å². The first-order chi connectivity index (χ1) is 7.93. The lowest BCUT2D eigenvalue weighted by Crippen LogP contribution is -1.78. The summed E-state index contributed by atoms with van der Waals surface area (Å²) in [6.07, 6.45) is 0. The Bertz CT molecular complexity index is 747. The molecule has 2 aromatic heterocycles. The monoisotopic (exact) mass is 244 g/mol. The van der Waals surface area contributed by atoms with Crippen LogP contribution in [0.5, 0.6) is 0 Å². The van der Waals surface area contributed by atoms with E-state index in [1.54, 1.807) is 0 Å². The quantitative estimate of drug-likeness (QED) is 0.477. The van der Waals surface area contributed by atoms with Crippen LogP contribution in [0.15, 0.2) is 24.3 Å². The van der Waals surface area contributed by atoms with Crippen LogP contribution in [-0.4, -0.2) is 17.5 Å². The predicted molar refractivity (Wildman–Crippen MR) is 65.9 cm³/mol. The third-order valence-electron chi connectivity index (χ3n) is 2.64. The number of nitrogens with zero attached hydrogens (tertiary/aromatic N) is 4. The van der Waals surface area contributed by atoms with Gasteiger partial charge in [-0.25, -0.2) is 0 Å². The fourth-order valence-electron chi connectivity index (χ4n) is 1.90. The molecule has 4 rings (SSSR count). The topological polar surface area (TPSA) is 51.6 Å². The van der Waals surface area contributed by atoms with Crippen LogP contribution in [0.2, 0.25) is 0 Å². The van der Waals surface area contributed by atoms with Gasteiger partial charge in [0, 0.05) is 10.8 Å². The second kappa shape index (κ2) is 2.93. The minimum absolute atomic E-state index is 0.944. The summed E-state index contributed by atoms with van der Waals surface area (Å²) in [5.41, 5.74) is 3.80. The summed E-state index contributed by atoms with van der Waals surface area (Å²) in [6.45, 7) is 0. The average molecular weight is 244 g/mol. The second-order valence-corrected chi connectivity index (χ2v) is 4.55. The molecule has 0 saturated heterocycles. The summed E-state index contributed by atoms with van der Waals surface area (Å²) in [4.78, 5) is 0. The van der Waals surface area contributed by atoms with Crippen LogP contribution >= 0.6 is 23.5 Å². The largest absolute Gasteiger partial charge is 0.173 e. The molecule has 4 nitrogen and oxygen atoms in total. The molecule has 2 aromatic carbocycles. The number of hydrogen-bond acceptors (Lipinski definition) is 6. The lowest BCUT2D eigenvalue weighted by molar-refractivity contribution is 1.65. The molecule has 0 saturated carbocycles. The first-order valence-electron chi connectivity index (χ1n) is 4.70. The maximum atomic E-state index is 4.32. The zero-order valence-electron chi connectivity index (χ0n) is 7.91. The Morgan fingerprint density at radius 2 is 1.12 bits per heavy atom. The molecule has 0 N–H and O–H groups in total. The van der Waals surface area contributed by atoms with Gasteiger partial charge in [-0.05, 0) is 24.3 Å². The van der Waals surface area contributed by atoms with Crippen molar-refractivity contribution in [2.24, 2.45) is 0 Å². The van der Waals surface area contributed by atoms with Crippen LogP contribution in [0, 0.1) is 0 Å². The number of aromatic nitrogens is 4. The summed E-state index contributed by atoms with van der Waals surface area (Å²) in [7, 11) is 0. The van der Waals surface area contributed by atoms with Gasteiger partial charge in [-0.15, -0.1) is 0 Å². The van der Waals surface area contributed by atoms with E-state index < -0.39 is 0 Å². The molecule has 2 heterocycles. The highest BCUT2D eigenvalue weighted by molar-refractivity contribution is 7.00. The highest BCUT2D eigenvalue weighted by atomic mass is 32.1. The molecule has 0 bridgehead atoms. The normalized spacial score (nSPS) is 11.8. The van der Waals surface area contributed by atoms with Gasteiger partial charge in [0.15, 0.2) is 0 Å². The molecule has 0 unspecified atom stereocenters. The van der Waals surface area contributed by atoms with Crippen molar-refractivity contribution >= 4 is 56.3 Å². The van der Waals surface area contributed by atoms with Gasteiger partial charge in [0.1, 0.15) is 22.1 Å². The smallest absolute Gasteiger partial charge is 0.112 e. The summed E-state index contributed by atoms with van der Waals surface area (Å²) in [6, 6.07) is 8.06. The molecule has 0 aliphatic heterocycles. The number of benzene rings is 2. The average Bonchev–Trinajstić information content (AvgIpc) is 2.96. The van der Waals surface area contributed by atoms with Crippen molar-refractivity contribution in [2.75, 3.05) is 0 Å².